The lowest BCUT2D eigenvalue weighted by Crippen LogP contribution is -2.55. The zero-order valence-electron chi connectivity index (χ0n) is 24.5. The molecule has 3 amide bonds. The van der Waals surface area contributed by atoms with Gasteiger partial charge in [0, 0.05) is 31.3 Å². The van der Waals surface area contributed by atoms with E-state index in [1.165, 1.54) is 6.92 Å². The Morgan fingerprint density at radius 3 is 2.49 bits per heavy atom. The fourth-order valence-electron chi connectivity index (χ4n) is 4.99. The number of carbonyl (C=O) groups excluding carboxylic acids is 3. The maximum absolute atomic E-state index is 13.0. The summed E-state index contributed by atoms with van der Waals surface area (Å²) < 4.78 is 5.87. The molecule has 43 heavy (non-hydrogen) atoms. The number of carboxylic acids is 1. The van der Waals surface area contributed by atoms with Crippen molar-refractivity contribution in [2.24, 2.45) is 11.5 Å². The summed E-state index contributed by atoms with van der Waals surface area (Å²) in [6.45, 7) is 5.65. The number of fused-ring (bicyclic) bond motifs is 1. The molecule has 0 bridgehead atoms. The fourth-order valence-corrected chi connectivity index (χ4v) is 4.99. The van der Waals surface area contributed by atoms with E-state index >= 15 is 0 Å². The Hall–Kier alpha value is -4.27. The lowest BCUT2D eigenvalue weighted by atomic mass is 9.99. The van der Waals surface area contributed by atoms with E-state index in [4.69, 9.17) is 21.3 Å². The number of aliphatic hydroxyl groups is 1. The highest BCUT2D eigenvalue weighted by Gasteiger charge is 2.31. The molecule has 1 aliphatic heterocycles. The normalized spacial score (nSPS) is 17.4. The first-order chi connectivity index (χ1) is 20.3. The van der Waals surface area contributed by atoms with Crippen LogP contribution < -0.4 is 32.7 Å². The van der Waals surface area contributed by atoms with Gasteiger partial charge in [-0.1, -0.05) is 18.2 Å². The molecule has 14 heteroatoms. The van der Waals surface area contributed by atoms with E-state index in [9.17, 15) is 29.4 Å². The molecular formula is C29H41N7O7. The standard InChI is InChI=1S/C29H41N7O7/c1-14-6-4-7-20-23(14)15(2)21(43-20)13-19(29(41)42)35-22(38)8-5-10-34-27(39)18(36-28(40)24(30)16(3)37)12-17-9-11-33-25(17)26(31)32/h4,6-7,9,16,18-19,24-25,33,37H,5,8,10-13,30H2,1-3H3,(H3,31,32)(H,34,39)(H,35,38)(H,36,40)(H,41,42). The second-order valence-electron chi connectivity index (χ2n) is 10.8. The molecule has 234 valence electrons. The summed E-state index contributed by atoms with van der Waals surface area (Å²) in [5.74, 6) is -2.65. The number of furan rings is 1. The van der Waals surface area contributed by atoms with Gasteiger partial charge >= 0.3 is 5.97 Å². The summed E-state index contributed by atoms with van der Waals surface area (Å²) in [6, 6.07) is 1.49. The zero-order valence-corrected chi connectivity index (χ0v) is 24.5. The Balaban J connectivity index is 1.56. The van der Waals surface area contributed by atoms with Crippen molar-refractivity contribution in [3.63, 3.8) is 0 Å². The van der Waals surface area contributed by atoms with E-state index in [0.717, 1.165) is 16.5 Å². The highest BCUT2D eigenvalue weighted by Crippen LogP contribution is 2.28. The van der Waals surface area contributed by atoms with Crippen LogP contribution in [0.25, 0.3) is 11.0 Å². The van der Waals surface area contributed by atoms with Gasteiger partial charge < -0.3 is 47.4 Å². The number of aliphatic hydroxyl groups excluding tert-OH is 1. The molecule has 1 aromatic heterocycles. The van der Waals surface area contributed by atoms with Crippen molar-refractivity contribution in [3.8, 4) is 0 Å². The fraction of sp³-hybridized carbons (Fsp3) is 0.483. The van der Waals surface area contributed by atoms with E-state index in [0.29, 0.717) is 23.5 Å². The van der Waals surface area contributed by atoms with Gasteiger partial charge in [0.1, 0.15) is 35.3 Å². The zero-order chi connectivity index (χ0) is 31.8. The Labute approximate surface area is 249 Å². The number of amides is 3. The van der Waals surface area contributed by atoms with Gasteiger partial charge in [0.2, 0.25) is 17.7 Å². The van der Waals surface area contributed by atoms with E-state index in [1.807, 2.05) is 32.0 Å². The van der Waals surface area contributed by atoms with E-state index in [1.54, 1.807) is 6.08 Å². The molecule has 1 aromatic carbocycles. The van der Waals surface area contributed by atoms with Gasteiger partial charge in [0.25, 0.3) is 0 Å². The third-order valence-corrected chi connectivity index (χ3v) is 7.43. The summed E-state index contributed by atoms with van der Waals surface area (Å²) in [5, 5.41) is 38.8. The van der Waals surface area contributed by atoms with E-state index in [2.05, 4.69) is 21.3 Å². The quantitative estimate of drug-likeness (QED) is 0.0548. The maximum atomic E-state index is 13.0. The average molecular weight is 600 g/mol. The lowest BCUT2D eigenvalue weighted by molar-refractivity contribution is -0.141. The summed E-state index contributed by atoms with van der Waals surface area (Å²) in [4.78, 5) is 50.0. The molecule has 0 fully saturated rings. The lowest BCUT2D eigenvalue weighted by Gasteiger charge is -2.24. The minimum atomic E-state index is -1.26. The van der Waals surface area contributed by atoms with Crippen LogP contribution in [0.4, 0.5) is 0 Å². The number of nitrogens with two attached hydrogens (primary N) is 2. The van der Waals surface area contributed by atoms with Gasteiger partial charge in [-0.3, -0.25) is 19.8 Å². The van der Waals surface area contributed by atoms with Crippen LogP contribution in [0, 0.1) is 19.3 Å². The summed E-state index contributed by atoms with van der Waals surface area (Å²) in [5.41, 5.74) is 14.5. The average Bonchev–Trinajstić information content (AvgIpc) is 3.54. The number of rotatable bonds is 15. The SMILES string of the molecule is Cc1cccc2oc(CC(NC(=O)CCCNC(=O)C(CC3=CCNC3C(=N)N)NC(=O)C(N)C(C)O)C(=O)O)c(C)c12. The number of carbonyl (C=O) groups is 4. The van der Waals surface area contributed by atoms with Crippen molar-refractivity contribution >= 4 is 40.5 Å². The van der Waals surface area contributed by atoms with E-state index < -0.39 is 54.0 Å². The third kappa shape index (κ3) is 8.63. The number of amidine groups is 1. The van der Waals surface area contributed by atoms with Crippen LogP contribution in [0.1, 0.15) is 43.1 Å². The predicted octanol–water partition coefficient (Wildman–Crippen LogP) is -0.525. The number of aryl methyl sites for hydroxylation is 2. The van der Waals surface area contributed by atoms with Crippen LogP contribution in [0.15, 0.2) is 34.3 Å². The first-order valence-corrected chi connectivity index (χ1v) is 14.1. The van der Waals surface area contributed by atoms with Gasteiger partial charge in [-0.15, -0.1) is 0 Å². The Morgan fingerprint density at radius 2 is 1.86 bits per heavy atom. The molecule has 1 aliphatic rings. The van der Waals surface area contributed by atoms with Crippen LogP contribution in [-0.2, 0) is 25.6 Å². The second-order valence-corrected chi connectivity index (χ2v) is 10.8. The molecule has 14 nitrogen and oxygen atoms in total. The molecule has 0 spiro atoms. The molecule has 2 heterocycles. The van der Waals surface area contributed by atoms with Crippen LogP contribution >= 0.6 is 0 Å². The van der Waals surface area contributed by atoms with Crippen molar-refractivity contribution < 1.29 is 33.8 Å². The molecular weight excluding hydrogens is 558 g/mol. The molecule has 5 atom stereocenters. The molecule has 0 saturated heterocycles. The smallest absolute Gasteiger partial charge is 0.326 e. The Kier molecular flexibility index (Phi) is 11.4. The van der Waals surface area contributed by atoms with Gasteiger partial charge in [0.15, 0.2) is 0 Å². The van der Waals surface area contributed by atoms with Crippen molar-refractivity contribution in [1.29, 1.82) is 5.41 Å². The topological polar surface area (TPSA) is 246 Å². The van der Waals surface area contributed by atoms with Crippen LogP contribution in [0.2, 0.25) is 0 Å². The van der Waals surface area contributed by atoms with Crippen molar-refractivity contribution in [3.05, 3.63) is 46.7 Å². The molecule has 11 N–H and O–H groups in total. The van der Waals surface area contributed by atoms with Crippen molar-refractivity contribution in [2.45, 2.75) is 76.7 Å². The highest BCUT2D eigenvalue weighted by atomic mass is 16.4. The second kappa shape index (κ2) is 14.8. The first-order valence-electron chi connectivity index (χ1n) is 14.1. The minimum Gasteiger partial charge on any atom is -0.480 e. The number of benzene rings is 1. The number of hydrogen-bond donors (Lipinski definition) is 9. The van der Waals surface area contributed by atoms with Gasteiger partial charge in [-0.25, -0.2) is 4.79 Å². The van der Waals surface area contributed by atoms with Crippen LogP contribution in [0.3, 0.4) is 0 Å². The largest absolute Gasteiger partial charge is 0.480 e. The summed E-state index contributed by atoms with van der Waals surface area (Å²) >= 11 is 0. The van der Waals surface area contributed by atoms with Gasteiger partial charge in [0.05, 0.1) is 12.1 Å². The highest BCUT2D eigenvalue weighted by molar-refractivity contribution is 5.91. The predicted molar refractivity (Wildman–Crippen MR) is 159 cm³/mol. The van der Waals surface area contributed by atoms with Gasteiger partial charge in [-0.2, -0.15) is 0 Å². The molecule has 3 rings (SSSR count). The van der Waals surface area contributed by atoms with Crippen LogP contribution in [0.5, 0.6) is 0 Å². The molecule has 0 saturated carbocycles. The van der Waals surface area contributed by atoms with Crippen molar-refractivity contribution in [2.75, 3.05) is 13.1 Å². The summed E-state index contributed by atoms with van der Waals surface area (Å²) in [7, 11) is 0. The maximum Gasteiger partial charge on any atom is 0.326 e. The van der Waals surface area contributed by atoms with Crippen molar-refractivity contribution in [1.82, 2.24) is 21.3 Å². The van der Waals surface area contributed by atoms with E-state index in [-0.39, 0.29) is 38.1 Å². The number of nitrogens with one attached hydrogen (secondary N) is 5. The number of aliphatic carboxylic acids is 1. The number of hydrogen-bond acceptors (Lipinski definition) is 9. The Morgan fingerprint density at radius 1 is 1.14 bits per heavy atom. The Bertz CT molecular complexity index is 1400. The number of carboxylic acid groups (broad SMARTS) is 1. The molecule has 0 radical (unpaired) electrons. The molecule has 0 aliphatic carbocycles. The minimum absolute atomic E-state index is 0.0281. The van der Waals surface area contributed by atoms with Crippen LogP contribution in [-0.4, -0.2) is 83.1 Å². The third-order valence-electron chi connectivity index (χ3n) is 7.43. The first kappa shape index (κ1) is 33.2. The molecule has 5 unspecified atom stereocenters. The molecule has 2 aromatic rings. The van der Waals surface area contributed by atoms with Gasteiger partial charge in [-0.05, 0) is 56.4 Å². The monoisotopic (exact) mass is 599 g/mol. The summed E-state index contributed by atoms with van der Waals surface area (Å²) in [6.07, 6.45) is 0.788.